The van der Waals surface area contributed by atoms with E-state index >= 15 is 0 Å². The van der Waals surface area contributed by atoms with Crippen molar-refractivity contribution in [2.75, 3.05) is 5.32 Å². The third-order valence-corrected chi connectivity index (χ3v) is 5.32. The number of aromatic nitrogens is 1. The van der Waals surface area contributed by atoms with Crippen molar-refractivity contribution in [3.05, 3.63) is 71.6 Å². The molecule has 1 aliphatic rings. The van der Waals surface area contributed by atoms with Crippen molar-refractivity contribution < 1.29 is 13.6 Å². The standard InChI is InChI=1S/C22H21F2N3O/c1-13-9-19-16(12-25-13)6-8-20(24)21(19)27-22(28)26-18-7-5-15(11-18)14-3-2-4-17(23)10-14/h2-4,6,8-10,12,15,18H,5,7,11H2,1H3,(H2,26,27,28)/t15-,18-/m1/s1. The van der Waals surface area contributed by atoms with Crippen molar-refractivity contribution >= 4 is 22.5 Å². The Labute approximate surface area is 162 Å². The van der Waals surface area contributed by atoms with Crippen LogP contribution in [0.4, 0.5) is 19.3 Å². The summed E-state index contributed by atoms with van der Waals surface area (Å²) >= 11 is 0. The summed E-state index contributed by atoms with van der Waals surface area (Å²) in [6.07, 6.45) is 4.07. The van der Waals surface area contributed by atoms with Crippen LogP contribution in [0.1, 0.15) is 36.4 Å². The molecule has 2 N–H and O–H groups in total. The minimum atomic E-state index is -0.489. The number of halogens is 2. The molecule has 1 fully saturated rings. The third-order valence-electron chi connectivity index (χ3n) is 5.32. The Balaban J connectivity index is 1.45. The molecule has 0 radical (unpaired) electrons. The van der Waals surface area contributed by atoms with Crippen molar-refractivity contribution in [2.24, 2.45) is 0 Å². The second-order valence-corrected chi connectivity index (χ2v) is 7.33. The number of carbonyl (C=O) groups is 1. The minimum absolute atomic E-state index is 0.0327. The van der Waals surface area contributed by atoms with Gasteiger partial charge in [0.05, 0.1) is 5.69 Å². The van der Waals surface area contributed by atoms with Crippen LogP contribution in [-0.4, -0.2) is 17.1 Å². The molecule has 3 aromatic rings. The molecule has 0 unspecified atom stereocenters. The molecule has 0 spiro atoms. The lowest BCUT2D eigenvalue weighted by molar-refractivity contribution is 0.248. The number of aryl methyl sites for hydroxylation is 1. The molecule has 6 heteroatoms. The monoisotopic (exact) mass is 381 g/mol. The lowest BCUT2D eigenvalue weighted by Crippen LogP contribution is -2.36. The van der Waals surface area contributed by atoms with Gasteiger partial charge in [-0.1, -0.05) is 12.1 Å². The highest BCUT2D eigenvalue weighted by molar-refractivity contribution is 6.01. The highest BCUT2D eigenvalue weighted by Gasteiger charge is 2.27. The molecule has 0 bridgehead atoms. The van der Waals surface area contributed by atoms with Crippen molar-refractivity contribution in [2.45, 2.75) is 38.1 Å². The normalized spacial score (nSPS) is 19.0. The summed E-state index contributed by atoms with van der Waals surface area (Å²) in [4.78, 5) is 16.7. The van der Waals surface area contributed by atoms with Crippen LogP contribution in [0.25, 0.3) is 10.8 Å². The molecule has 1 heterocycles. The molecule has 4 nitrogen and oxygen atoms in total. The zero-order valence-corrected chi connectivity index (χ0v) is 15.5. The Hall–Kier alpha value is -3.02. The molecule has 2 amide bonds. The second-order valence-electron chi connectivity index (χ2n) is 7.33. The van der Waals surface area contributed by atoms with Crippen LogP contribution in [0.2, 0.25) is 0 Å². The van der Waals surface area contributed by atoms with Crippen LogP contribution in [0.15, 0.2) is 48.7 Å². The van der Waals surface area contributed by atoms with E-state index in [1.807, 2.05) is 13.0 Å². The first kappa shape index (κ1) is 18.3. The highest BCUT2D eigenvalue weighted by Crippen LogP contribution is 2.35. The smallest absolute Gasteiger partial charge is 0.319 e. The largest absolute Gasteiger partial charge is 0.335 e. The van der Waals surface area contributed by atoms with E-state index in [-0.39, 0.29) is 23.5 Å². The first-order valence-electron chi connectivity index (χ1n) is 9.37. The fourth-order valence-corrected chi connectivity index (χ4v) is 3.93. The molecule has 4 rings (SSSR count). The number of amides is 2. The molecule has 2 atom stereocenters. The van der Waals surface area contributed by atoms with E-state index in [4.69, 9.17) is 0 Å². The number of nitrogens with one attached hydrogen (secondary N) is 2. The van der Waals surface area contributed by atoms with Crippen molar-refractivity contribution in [1.82, 2.24) is 10.3 Å². The summed E-state index contributed by atoms with van der Waals surface area (Å²) in [7, 11) is 0. The molecule has 1 aromatic heterocycles. The average Bonchev–Trinajstić information content (AvgIpc) is 3.12. The first-order valence-corrected chi connectivity index (χ1v) is 9.37. The third kappa shape index (κ3) is 3.81. The molecular weight excluding hydrogens is 360 g/mol. The number of rotatable bonds is 3. The number of nitrogens with zero attached hydrogens (tertiary/aromatic N) is 1. The molecule has 1 saturated carbocycles. The van der Waals surface area contributed by atoms with Gasteiger partial charge in [0.25, 0.3) is 0 Å². The maximum absolute atomic E-state index is 14.3. The fourth-order valence-electron chi connectivity index (χ4n) is 3.93. The van der Waals surface area contributed by atoms with Gasteiger partial charge < -0.3 is 10.6 Å². The molecule has 2 aromatic carbocycles. The Bertz CT molecular complexity index is 1030. The van der Waals surface area contributed by atoms with Crippen LogP contribution in [0, 0.1) is 18.6 Å². The van der Waals surface area contributed by atoms with E-state index in [9.17, 15) is 13.6 Å². The van der Waals surface area contributed by atoms with Gasteiger partial charge in [0, 0.05) is 28.7 Å². The van der Waals surface area contributed by atoms with Crippen molar-refractivity contribution in [1.29, 1.82) is 0 Å². The van der Waals surface area contributed by atoms with E-state index in [1.165, 1.54) is 12.1 Å². The topological polar surface area (TPSA) is 54.0 Å². The second kappa shape index (κ2) is 7.54. The van der Waals surface area contributed by atoms with Gasteiger partial charge in [-0.15, -0.1) is 0 Å². The van der Waals surface area contributed by atoms with Crippen LogP contribution < -0.4 is 10.6 Å². The summed E-state index contributed by atoms with van der Waals surface area (Å²) in [5, 5.41) is 6.96. The maximum Gasteiger partial charge on any atom is 0.319 e. The lowest BCUT2D eigenvalue weighted by atomic mass is 9.97. The van der Waals surface area contributed by atoms with Gasteiger partial charge >= 0.3 is 6.03 Å². The molecule has 0 aliphatic heterocycles. The number of fused-ring (bicyclic) bond motifs is 1. The van der Waals surface area contributed by atoms with E-state index in [0.29, 0.717) is 5.39 Å². The number of pyridine rings is 1. The predicted molar refractivity (Wildman–Crippen MR) is 105 cm³/mol. The molecule has 28 heavy (non-hydrogen) atoms. The zero-order valence-electron chi connectivity index (χ0n) is 15.5. The number of hydrogen-bond acceptors (Lipinski definition) is 2. The van der Waals surface area contributed by atoms with Crippen LogP contribution >= 0.6 is 0 Å². The van der Waals surface area contributed by atoms with Gasteiger partial charge in [0.1, 0.15) is 11.6 Å². The van der Waals surface area contributed by atoms with E-state index in [0.717, 1.165) is 35.9 Å². The molecular formula is C22H21F2N3O. The summed E-state index contributed by atoms with van der Waals surface area (Å²) in [5.41, 5.74) is 1.85. The Morgan fingerprint density at radius 1 is 1.14 bits per heavy atom. The van der Waals surface area contributed by atoms with E-state index in [1.54, 1.807) is 30.5 Å². The number of urea groups is 1. The van der Waals surface area contributed by atoms with Crippen molar-refractivity contribution in [3.63, 3.8) is 0 Å². The predicted octanol–water partition coefficient (Wildman–Crippen LogP) is 5.28. The minimum Gasteiger partial charge on any atom is -0.335 e. The summed E-state index contributed by atoms with van der Waals surface area (Å²) in [6.45, 7) is 1.82. The van der Waals surface area contributed by atoms with Gasteiger partial charge in [0.2, 0.25) is 0 Å². The maximum atomic E-state index is 14.3. The SMILES string of the molecule is Cc1cc2c(NC(=O)N[C@@H]3CC[C@@H](c4cccc(F)c4)C3)c(F)ccc2cn1. The summed E-state index contributed by atoms with van der Waals surface area (Å²) in [5.74, 6) is -0.524. The molecule has 0 saturated heterocycles. The number of anilines is 1. The van der Waals surface area contributed by atoms with Gasteiger partial charge in [-0.3, -0.25) is 4.98 Å². The number of carbonyl (C=O) groups excluding carboxylic acids is 1. The van der Waals surface area contributed by atoms with Crippen LogP contribution in [0.5, 0.6) is 0 Å². The van der Waals surface area contributed by atoms with Gasteiger partial charge in [-0.25, -0.2) is 13.6 Å². The molecule has 1 aliphatic carbocycles. The summed E-state index contributed by atoms with van der Waals surface area (Å²) in [6, 6.07) is 10.8. The number of hydrogen-bond donors (Lipinski definition) is 2. The van der Waals surface area contributed by atoms with E-state index in [2.05, 4.69) is 15.6 Å². The Morgan fingerprint density at radius 3 is 2.82 bits per heavy atom. The highest BCUT2D eigenvalue weighted by atomic mass is 19.1. The van der Waals surface area contributed by atoms with E-state index < -0.39 is 11.8 Å². The Kier molecular flexibility index (Phi) is 4.94. The lowest BCUT2D eigenvalue weighted by Gasteiger charge is -2.16. The van der Waals surface area contributed by atoms with Gasteiger partial charge in [-0.05, 0) is 68.0 Å². The van der Waals surface area contributed by atoms with Gasteiger partial charge in [0.15, 0.2) is 0 Å². The zero-order chi connectivity index (χ0) is 19.7. The summed E-state index contributed by atoms with van der Waals surface area (Å²) < 4.78 is 27.8. The van der Waals surface area contributed by atoms with Crippen molar-refractivity contribution in [3.8, 4) is 0 Å². The molecule has 144 valence electrons. The number of benzene rings is 2. The quantitative estimate of drug-likeness (QED) is 0.649. The van der Waals surface area contributed by atoms with Gasteiger partial charge in [-0.2, -0.15) is 0 Å². The van der Waals surface area contributed by atoms with Crippen LogP contribution in [0.3, 0.4) is 0 Å². The van der Waals surface area contributed by atoms with Crippen LogP contribution in [-0.2, 0) is 0 Å². The average molecular weight is 381 g/mol. The fraction of sp³-hybridized carbons (Fsp3) is 0.273. The first-order chi connectivity index (χ1) is 13.5. The Morgan fingerprint density at radius 2 is 2.00 bits per heavy atom.